The van der Waals surface area contributed by atoms with Crippen molar-refractivity contribution < 1.29 is 4.79 Å². The Kier molecular flexibility index (Phi) is 4.51. The fraction of sp³-hybridized carbons (Fsp3) is 0.235. The summed E-state index contributed by atoms with van der Waals surface area (Å²) in [7, 11) is 0. The number of carbonyl (C=O) groups is 1. The molecule has 1 amide bonds. The van der Waals surface area contributed by atoms with Gasteiger partial charge in [-0.3, -0.25) is 4.79 Å². The molecule has 1 aliphatic carbocycles. The van der Waals surface area contributed by atoms with Gasteiger partial charge in [0.05, 0.1) is 0 Å². The molecule has 1 aliphatic rings. The van der Waals surface area contributed by atoms with Crippen molar-refractivity contribution in [3.8, 4) is 0 Å². The Morgan fingerprint density at radius 3 is 2.57 bits per heavy atom. The molecule has 2 aromatic rings. The summed E-state index contributed by atoms with van der Waals surface area (Å²) >= 11 is 7.57. The fourth-order valence-electron chi connectivity index (χ4n) is 2.08. The summed E-state index contributed by atoms with van der Waals surface area (Å²) in [5.41, 5.74) is 1.01. The molecule has 3 rings (SSSR count). The molecule has 0 heterocycles. The Labute approximate surface area is 133 Å². The lowest BCUT2D eigenvalue weighted by Gasteiger charge is -2.17. The monoisotopic (exact) mass is 317 g/mol. The van der Waals surface area contributed by atoms with Crippen LogP contribution >= 0.6 is 23.4 Å². The van der Waals surface area contributed by atoms with Crippen molar-refractivity contribution >= 4 is 29.3 Å². The number of hydrogen-bond acceptors (Lipinski definition) is 2. The van der Waals surface area contributed by atoms with Crippen LogP contribution in [0.4, 0.5) is 0 Å². The summed E-state index contributed by atoms with van der Waals surface area (Å²) in [4.78, 5) is 13.5. The normalized spacial score (nSPS) is 15.5. The molecule has 1 atom stereocenters. The molecule has 2 nitrogen and oxygen atoms in total. The van der Waals surface area contributed by atoms with E-state index in [4.69, 9.17) is 11.6 Å². The number of hydrogen-bond donors (Lipinski definition) is 1. The highest BCUT2D eigenvalue weighted by molar-refractivity contribution is 8.00. The van der Waals surface area contributed by atoms with Crippen LogP contribution in [-0.4, -0.2) is 11.9 Å². The van der Waals surface area contributed by atoms with Gasteiger partial charge < -0.3 is 5.32 Å². The van der Waals surface area contributed by atoms with E-state index in [0.29, 0.717) is 11.1 Å². The maximum atomic E-state index is 12.5. The smallest absolute Gasteiger partial charge is 0.238 e. The van der Waals surface area contributed by atoms with Crippen LogP contribution in [0.3, 0.4) is 0 Å². The fourth-order valence-corrected chi connectivity index (χ4v) is 3.43. The Morgan fingerprint density at radius 1 is 1.14 bits per heavy atom. The van der Waals surface area contributed by atoms with Gasteiger partial charge in [0.1, 0.15) is 5.25 Å². The van der Waals surface area contributed by atoms with E-state index in [1.54, 1.807) is 0 Å². The summed E-state index contributed by atoms with van der Waals surface area (Å²) in [6, 6.07) is 17.9. The first-order chi connectivity index (χ1) is 10.2. The zero-order valence-electron chi connectivity index (χ0n) is 11.5. The Morgan fingerprint density at radius 2 is 1.90 bits per heavy atom. The molecule has 2 aromatic carbocycles. The van der Waals surface area contributed by atoms with Crippen LogP contribution in [0.25, 0.3) is 0 Å². The topological polar surface area (TPSA) is 29.1 Å². The Bertz CT molecular complexity index is 628. The van der Waals surface area contributed by atoms with E-state index in [-0.39, 0.29) is 11.2 Å². The van der Waals surface area contributed by atoms with E-state index in [1.807, 2.05) is 54.6 Å². The van der Waals surface area contributed by atoms with Gasteiger partial charge in [-0.15, -0.1) is 11.8 Å². The minimum atomic E-state index is -0.245. The molecule has 1 unspecified atom stereocenters. The van der Waals surface area contributed by atoms with Crippen molar-refractivity contribution in [3.63, 3.8) is 0 Å². The van der Waals surface area contributed by atoms with Crippen LogP contribution in [0.15, 0.2) is 59.5 Å². The maximum absolute atomic E-state index is 12.5. The van der Waals surface area contributed by atoms with Crippen LogP contribution in [0.2, 0.25) is 5.02 Å². The first-order valence-electron chi connectivity index (χ1n) is 7.00. The number of thioether (sulfide) groups is 1. The molecule has 1 fully saturated rings. The van der Waals surface area contributed by atoms with Gasteiger partial charge in [0.2, 0.25) is 5.91 Å². The van der Waals surface area contributed by atoms with Gasteiger partial charge in [-0.25, -0.2) is 0 Å². The van der Waals surface area contributed by atoms with Gasteiger partial charge in [-0.1, -0.05) is 48.0 Å². The molecular weight excluding hydrogens is 302 g/mol. The highest BCUT2D eigenvalue weighted by Crippen LogP contribution is 2.37. The maximum Gasteiger partial charge on any atom is 0.238 e. The molecule has 0 spiro atoms. The Balaban J connectivity index is 1.82. The molecular formula is C17H16ClNOS. The predicted octanol–water partition coefficient (Wildman–Crippen LogP) is 4.45. The van der Waals surface area contributed by atoms with Gasteiger partial charge in [0.15, 0.2) is 0 Å². The Hall–Kier alpha value is -1.45. The molecule has 1 saturated carbocycles. The van der Waals surface area contributed by atoms with Crippen LogP contribution in [0.5, 0.6) is 0 Å². The first kappa shape index (κ1) is 14.5. The highest BCUT2D eigenvalue weighted by atomic mass is 35.5. The summed E-state index contributed by atoms with van der Waals surface area (Å²) in [5, 5.41) is 3.54. The van der Waals surface area contributed by atoms with Gasteiger partial charge in [0, 0.05) is 16.0 Å². The largest absolute Gasteiger partial charge is 0.352 e. The first-order valence-corrected chi connectivity index (χ1v) is 8.26. The van der Waals surface area contributed by atoms with E-state index in [1.165, 1.54) is 11.8 Å². The average molecular weight is 318 g/mol. The zero-order chi connectivity index (χ0) is 14.7. The van der Waals surface area contributed by atoms with Crippen molar-refractivity contribution in [2.24, 2.45) is 0 Å². The van der Waals surface area contributed by atoms with Gasteiger partial charge in [-0.05, 0) is 36.6 Å². The lowest BCUT2D eigenvalue weighted by Crippen LogP contribution is -2.29. The third-order valence-electron chi connectivity index (χ3n) is 3.31. The molecule has 0 bridgehead atoms. The molecule has 0 aliphatic heterocycles. The van der Waals surface area contributed by atoms with Crippen molar-refractivity contribution in [2.45, 2.75) is 29.0 Å². The van der Waals surface area contributed by atoms with E-state index < -0.39 is 0 Å². The summed E-state index contributed by atoms with van der Waals surface area (Å²) in [5.74, 6) is 0.0775. The van der Waals surface area contributed by atoms with Crippen molar-refractivity contribution in [2.75, 3.05) is 0 Å². The average Bonchev–Trinajstić information content (AvgIpc) is 3.29. The third-order valence-corrected chi connectivity index (χ3v) is 4.80. The van der Waals surface area contributed by atoms with Crippen LogP contribution in [-0.2, 0) is 4.79 Å². The van der Waals surface area contributed by atoms with Gasteiger partial charge in [0.25, 0.3) is 0 Å². The van der Waals surface area contributed by atoms with E-state index in [2.05, 4.69) is 5.32 Å². The molecule has 0 radical (unpaired) electrons. The van der Waals surface area contributed by atoms with E-state index in [9.17, 15) is 4.79 Å². The minimum absolute atomic E-state index is 0.0775. The highest BCUT2D eigenvalue weighted by Gasteiger charge is 2.29. The van der Waals surface area contributed by atoms with Crippen LogP contribution in [0, 0.1) is 0 Å². The number of nitrogens with one attached hydrogen (secondary N) is 1. The second kappa shape index (κ2) is 6.54. The van der Waals surface area contributed by atoms with Crippen molar-refractivity contribution in [1.82, 2.24) is 5.32 Å². The number of halogens is 1. The third kappa shape index (κ3) is 4.02. The molecule has 108 valence electrons. The molecule has 0 aromatic heterocycles. The minimum Gasteiger partial charge on any atom is -0.352 e. The second-order valence-electron chi connectivity index (χ2n) is 5.15. The number of benzene rings is 2. The van der Waals surface area contributed by atoms with Gasteiger partial charge in [-0.2, -0.15) is 0 Å². The quantitative estimate of drug-likeness (QED) is 0.825. The predicted molar refractivity (Wildman–Crippen MR) is 87.7 cm³/mol. The lowest BCUT2D eigenvalue weighted by atomic mass is 10.1. The molecule has 4 heteroatoms. The summed E-state index contributed by atoms with van der Waals surface area (Å²) in [6.07, 6.45) is 2.18. The summed E-state index contributed by atoms with van der Waals surface area (Å²) in [6.45, 7) is 0. The SMILES string of the molecule is O=C(NC1CC1)C(Sc1cccc(Cl)c1)c1ccccc1. The summed E-state index contributed by atoms with van der Waals surface area (Å²) < 4.78 is 0. The van der Waals surface area contributed by atoms with Crippen LogP contribution < -0.4 is 5.32 Å². The van der Waals surface area contributed by atoms with Crippen LogP contribution in [0.1, 0.15) is 23.7 Å². The molecule has 1 N–H and O–H groups in total. The van der Waals surface area contributed by atoms with E-state index in [0.717, 1.165) is 23.3 Å². The van der Waals surface area contributed by atoms with Crippen molar-refractivity contribution in [3.05, 3.63) is 65.2 Å². The lowest BCUT2D eigenvalue weighted by molar-refractivity contribution is -0.120. The molecule has 21 heavy (non-hydrogen) atoms. The second-order valence-corrected chi connectivity index (χ2v) is 6.76. The van der Waals surface area contributed by atoms with Gasteiger partial charge >= 0.3 is 0 Å². The standard InChI is InChI=1S/C17H16ClNOS/c18-13-7-4-8-15(11-13)21-16(12-5-2-1-3-6-12)17(20)19-14-9-10-14/h1-8,11,14,16H,9-10H2,(H,19,20). The zero-order valence-corrected chi connectivity index (χ0v) is 13.0. The number of carbonyl (C=O) groups excluding carboxylic acids is 1. The van der Waals surface area contributed by atoms with E-state index >= 15 is 0 Å². The molecule has 0 saturated heterocycles. The number of amides is 1. The number of rotatable bonds is 5. The van der Waals surface area contributed by atoms with Crippen molar-refractivity contribution in [1.29, 1.82) is 0 Å².